The lowest BCUT2D eigenvalue weighted by atomic mass is 10.1. The van der Waals surface area contributed by atoms with Crippen molar-refractivity contribution in [3.05, 3.63) is 88.4 Å². The van der Waals surface area contributed by atoms with Crippen LogP contribution in [0.5, 0.6) is 5.75 Å². The van der Waals surface area contributed by atoms with E-state index < -0.39 is 0 Å². The second kappa shape index (κ2) is 10.5. The Kier molecular flexibility index (Phi) is 7.04. The van der Waals surface area contributed by atoms with Crippen molar-refractivity contribution in [3.8, 4) is 17.9 Å². The number of nitriles is 2. The lowest BCUT2D eigenvalue weighted by Crippen LogP contribution is -2.15. The second-order valence-electron chi connectivity index (χ2n) is 8.14. The van der Waals surface area contributed by atoms with Gasteiger partial charge in [0, 0.05) is 29.1 Å². The van der Waals surface area contributed by atoms with Crippen LogP contribution in [0.15, 0.2) is 54.7 Å². The zero-order chi connectivity index (χ0) is 24.8. The van der Waals surface area contributed by atoms with E-state index in [-0.39, 0.29) is 12.3 Å². The fourth-order valence-electron chi connectivity index (χ4n) is 3.93. The molecule has 0 radical (unpaired) electrons. The summed E-state index contributed by atoms with van der Waals surface area (Å²) in [6.45, 7) is 4.10. The molecule has 2 aromatic heterocycles. The summed E-state index contributed by atoms with van der Waals surface area (Å²) >= 11 is 0. The molecule has 35 heavy (non-hydrogen) atoms. The van der Waals surface area contributed by atoms with Crippen LogP contribution in [0.4, 0.5) is 5.69 Å². The second-order valence-corrected chi connectivity index (χ2v) is 8.14. The van der Waals surface area contributed by atoms with Gasteiger partial charge in [0.05, 0.1) is 18.7 Å². The van der Waals surface area contributed by atoms with Crippen LogP contribution in [0.25, 0.3) is 5.65 Å². The molecule has 0 aliphatic rings. The summed E-state index contributed by atoms with van der Waals surface area (Å²) in [6.07, 6.45) is 2.64. The summed E-state index contributed by atoms with van der Waals surface area (Å²) in [4.78, 5) is 17.3. The van der Waals surface area contributed by atoms with Gasteiger partial charge in [-0.05, 0) is 49.6 Å². The number of hydrogen-bond acceptors (Lipinski definition) is 6. The maximum Gasteiger partial charge on any atom is 0.224 e. The summed E-state index contributed by atoms with van der Waals surface area (Å²) in [6, 6.07) is 19.2. The summed E-state index contributed by atoms with van der Waals surface area (Å²) in [5.41, 5.74) is 6.05. The first-order valence-corrected chi connectivity index (χ1v) is 11.2. The molecule has 0 bridgehead atoms. The first-order chi connectivity index (χ1) is 17.0. The molecule has 0 fully saturated rings. The zero-order valence-corrected chi connectivity index (χ0v) is 19.6. The van der Waals surface area contributed by atoms with E-state index in [1.54, 1.807) is 4.52 Å². The maximum atomic E-state index is 12.8. The number of anilines is 1. The van der Waals surface area contributed by atoms with Gasteiger partial charge in [0.15, 0.2) is 5.65 Å². The summed E-state index contributed by atoms with van der Waals surface area (Å²) in [7, 11) is 0. The molecule has 0 aliphatic carbocycles. The molecule has 174 valence electrons. The number of carbonyl (C=O) groups excluding carboxylic acids is 1. The van der Waals surface area contributed by atoms with Gasteiger partial charge in [-0.25, -0.2) is 9.50 Å². The topological polar surface area (TPSA) is 116 Å². The van der Waals surface area contributed by atoms with Gasteiger partial charge >= 0.3 is 0 Å². The molecule has 2 heterocycles. The minimum Gasteiger partial charge on any atom is -0.489 e. The predicted octanol–water partition coefficient (Wildman–Crippen LogP) is 4.43. The van der Waals surface area contributed by atoms with E-state index in [0.29, 0.717) is 42.1 Å². The normalized spacial score (nSPS) is 10.5. The third-order valence-corrected chi connectivity index (χ3v) is 5.82. The molecule has 8 nitrogen and oxygen atoms in total. The first kappa shape index (κ1) is 23.5. The molecular weight excluding hydrogens is 440 g/mol. The fourth-order valence-corrected chi connectivity index (χ4v) is 3.93. The van der Waals surface area contributed by atoms with Crippen molar-refractivity contribution >= 4 is 17.2 Å². The van der Waals surface area contributed by atoms with Crippen LogP contribution in [0.1, 0.15) is 40.1 Å². The average molecular weight is 465 g/mol. The number of aryl methyl sites for hydroxylation is 2. The minimum absolute atomic E-state index is 0.115. The standard InChI is InChI=1S/C27H24N6O2/c1-18-24(19(2)33-27(31-18)22(15-29)16-30-33)11-12-26(34)32-25-6-4-3-5-21(25)17-35-23-9-7-20(8-10-23)13-14-28/h3-10,16H,11-13,17H2,1-2H3,(H,32,34). The molecule has 8 heteroatoms. The van der Waals surface area contributed by atoms with E-state index >= 15 is 0 Å². The number of nitrogens with one attached hydrogen (secondary N) is 1. The Labute approximate surface area is 203 Å². The Morgan fingerprint density at radius 3 is 2.63 bits per heavy atom. The van der Waals surface area contributed by atoms with Crippen molar-refractivity contribution in [2.45, 2.75) is 39.7 Å². The largest absolute Gasteiger partial charge is 0.489 e. The van der Waals surface area contributed by atoms with Crippen molar-refractivity contribution in [1.29, 1.82) is 10.5 Å². The van der Waals surface area contributed by atoms with Crippen molar-refractivity contribution in [3.63, 3.8) is 0 Å². The fraction of sp³-hybridized carbons (Fsp3) is 0.222. The number of aromatic nitrogens is 3. The Morgan fingerprint density at radius 1 is 1.11 bits per heavy atom. The molecule has 0 spiro atoms. The maximum absolute atomic E-state index is 12.8. The van der Waals surface area contributed by atoms with Crippen molar-refractivity contribution in [2.75, 3.05) is 5.32 Å². The number of rotatable bonds is 8. The zero-order valence-electron chi connectivity index (χ0n) is 19.6. The molecule has 4 rings (SSSR count). The highest BCUT2D eigenvalue weighted by atomic mass is 16.5. The first-order valence-electron chi connectivity index (χ1n) is 11.2. The van der Waals surface area contributed by atoms with Gasteiger partial charge in [-0.15, -0.1) is 0 Å². The minimum atomic E-state index is -0.115. The van der Waals surface area contributed by atoms with E-state index in [2.05, 4.69) is 27.5 Å². The Hall–Kier alpha value is -4.69. The summed E-state index contributed by atoms with van der Waals surface area (Å²) in [5.74, 6) is 0.579. The van der Waals surface area contributed by atoms with Gasteiger partial charge in [0.2, 0.25) is 5.91 Å². The van der Waals surface area contributed by atoms with E-state index in [1.807, 2.05) is 62.4 Å². The van der Waals surface area contributed by atoms with E-state index in [1.165, 1.54) is 6.20 Å². The lowest BCUT2D eigenvalue weighted by Gasteiger charge is -2.14. The molecule has 1 amide bonds. The number of amides is 1. The average Bonchev–Trinajstić information content (AvgIpc) is 3.27. The highest BCUT2D eigenvalue weighted by Crippen LogP contribution is 2.21. The van der Waals surface area contributed by atoms with Crippen LogP contribution in [0.3, 0.4) is 0 Å². The summed E-state index contributed by atoms with van der Waals surface area (Å²) in [5, 5.41) is 25.3. The third-order valence-electron chi connectivity index (χ3n) is 5.82. The Morgan fingerprint density at radius 2 is 1.89 bits per heavy atom. The summed E-state index contributed by atoms with van der Waals surface area (Å²) < 4.78 is 7.54. The molecule has 1 N–H and O–H groups in total. The van der Waals surface area contributed by atoms with Gasteiger partial charge in [-0.1, -0.05) is 30.3 Å². The predicted molar refractivity (Wildman–Crippen MR) is 131 cm³/mol. The number of para-hydroxylation sites is 1. The van der Waals surface area contributed by atoms with Gasteiger partial charge in [-0.3, -0.25) is 4.79 Å². The Balaban J connectivity index is 1.40. The lowest BCUT2D eigenvalue weighted by molar-refractivity contribution is -0.116. The molecule has 0 unspecified atom stereocenters. The molecule has 2 aromatic carbocycles. The van der Waals surface area contributed by atoms with Crippen LogP contribution in [0, 0.1) is 36.5 Å². The monoisotopic (exact) mass is 464 g/mol. The molecule has 0 atom stereocenters. The Bertz CT molecular complexity index is 1460. The van der Waals surface area contributed by atoms with E-state index in [4.69, 9.17) is 10.00 Å². The van der Waals surface area contributed by atoms with Gasteiger partial charge in [0.1, 0.15) is 24.0 Å². The van der Waals surface area contributed by atoms with Crippen LogP contribution < -0.4 is 10.1 Å². The molecule has 0 saturated heterocycles. The number of benzene rings is 2. The van der Waals surface area contributed by atoms with Crippen LogP contribution >= 0.6 is 0 Å². The van der Waals surface area contributed by atoms with Crippen molar-refractivity contribution < 1.29 is 9.53 Å². The number of carbonyl (C=O) groups is 1. The van der Waals surface area contributed by atoms with Gasteiger partial charge in [-0.2, -0.15) is 15.6 Å². The van der Waals surface area contributed by atoms with Crippen molar-refractivity contribution in [1.82, 2.24) is 14.6 Å². The molecule has 0 aliphatic heterocycles. The van der Waals surface area contributed by atoms with Crippen LogP contribution in [-0.2, 0) is 24.2 Å². The van der Waals surface area contributed by atoms with Crippen LogP contribution in [-0.4, -0.2) is 20.5 Å². The van der Waals surface area contributed by atoms with E-state index in [9.17, 15) is 10.1 Å². The molecular formula is C27H24N6O2. The number of hydrogen-bond donors (Lipinski definition) is 1. The quantitative estimate of drug-likeness (QED) is 0.412. The highest BCUT2D eigenvalue weighted by Gasteiger charge is 2.15. The highest BCUT2D eigenvalue weighted by molar-refractivity contribution is 5.91. The van der Waals surface area contributed by atoms with Gasteiger partial charge in [0.25, 0.3) is 0 Å². The number of nitrogens with zero attached hydrogens (tertiary/aromatic N) is 5. The SMILES string of the molecule is Cc1nc2c(C#N)cnn2c(C)c1CCC(=O)Nc1ccccc1COc1ccc(CC#N)cc1. The van der Waals surface area contributed by atoms with Crippen molar-refractivity contribution in [2.24, 2.45) is 0 Å². The smallest absolute Gasteiger partial charge is 0.224 e. The van der Waals surface area contributed by atoms with E-state index in [0.717, 1.165) is 28.1 Å². The number of ether oxygens (including phenoxy) is 1. The number of fused-ring (bicyclic) bond motifs is 1. The van der Waals surface area contributed by atoms with Gasteiger partial charge < -0.3 is 10.1 Å². The third kappa shape index (κ3) is 5.29. The molecule has 4 aromatic rings. The molecule has 0 saturated carbocycles. The van der Waals surface area contributed by atoms with Crippen LogP contribution in [0.2, 0.25) is 0 Å².